The molecule has 6 heteroatoms. The maximum atomic E-state index is 11.8. The molecule has 3 N–H and O–H groups in total. The zero-order valence-electron chi connectivity index (χ0n) is 13.4. The zero-order chi connectivity index (χ0) is 16.7. The van der Waals surface area contributed by atoms with Gasteiger partial charge in [-0.1, -0.05) is 30.3 Å². The number of benzene rings is 1. The van der Waals surface area contributed by atoms with Crippen molar-refractivity contribution in [2.24, 2.45) is 0 Å². The van der Waals surface area contributed by atoms with Gasteiger partial charge in [-0.25, -0.2) is 0 Å². The van der Waals surface area contributed by atoms with Gasteiger partial charge in [-0.3, -0.25) is 9.59 Å². The Morgan fingerprint density at radius 2 is 1.74 bits per heavy atom. The monoisotopic (exact) mass is 332 g/mol. The van der Waals surface area contributed by atoms with Gasteiger partial charge in [0.1, 0.15) is 6.54 Å². The van der Waals surface area contributed by atoms with Crippen LogP contribution in [0.15, 0.2) is 41.8 Å². The van der Waals surface area contributed by atoms with E-state index in [2.05, 4.69) is 36.9 Å². The van der Waals surface area contributed by atoms with Gasteiger partial charge in [0.2, 0.25) is 5.91 Å². The molecule has 0 bridgehead atoms. The molecule has 0 atom stereocenters. The number of amides is 2. The molecule has 0 spiro atoms. The van der Waals surface area contributed by atoms with E-state index < -0.39 is 0 Å². The zero-order valence-corrected chi connectivity index (χ0v) is 14.2. The lowest BCUT2D eigenvalue weighted by Crippen LogP contribution is -3.04. The molecule has 122 valence electrons. The van der Waals surface area contributed by atoms with Crippen LogP contribution >= 0.6 is 11.3 Å². The molecule has 5 nitrogen and oxygen atoms in total. The third-order valence-electron chi connectivity index (χ3n) is 3.22. The summed E-state index contributed by atoms with van der Waals surface area (Å²) in [6.45, 7) is 1.42. The Labute approximate surface area is 140 Å². The van der Waals surface area contributed by atoms with E-state index in [1.807, 2.05) is 17.5 Å². The van der Waals surface area contributed by atoms with Crippen molar-refractivity contribution in [1.82, 2.24) is 10.6 Å². The van der Waals surface area contributed by atoms with Crippen molar-refractivity contribution in [3.63, 3.8) is 0 Å². The van der Waals surface area contributed by atoms with Gasteiger partial charge in [-0.05, 0) is 17.0 Å². The summed E-state index contributed by atoms with van der Waals surface area (Å²) in [6, 6.07) is 11.7. The predicted octanol–water partition coefficient (Wildman–Crippen LogP) is 0.439. The van der Waals surface area contributed by atoms with Crippen LogP contribution in [0.2, 0.25) is 0 Å². The molecule has 23 heavy (non-hydrogen) atoms. The minimum atomic E-state index is -0.217. The first-order chi connectivity index (χ1) is 11.0. The van der Waals surface area contributed by atoms with E-state index in [9.17, 15) is 9.59 Å². The molecule has 0 aliphatic carbocycles. The second kappa shape index (κ2) is 8.45. The molecule has 0 saturated heterocycles. The van der Waals surface area contributed by atoms with Crippen LogP contribution < -0.4 is 15.5 Å². The van der Waals surface area contributed by atoms with Crippen molar-refractivity contribution in [2.75, 3.05) is 20.6 Å². The smallest absolute Gasteiger partial charge is 0.261 e. The Bertz CT molecular complexity index is 636. The van der Waals surface area contributed by atoms with Gasteiger partial charge >= 0.3 is 0 Å². The molecule has 2 aromatic rings. The van der Waals surface area contributed by atoms with Gasteiger partial charge in [0.15, 0.2) is 0 Å². The lowest BCUT2D eigenvalue weighted by Gasteiger charge is -2.09. The fraction of sp³-hybridized carbons (Fsp3) is 0.294. The lowest BCUT2D eigenvalue weighted by atomic mass is 10.1. The van der Waals surface area contributed by atoms with E-state index in [4.69, 9.17) is 0 Å². The van der Waals surface area contributed by atoms with Crippen molar-refractivity contribution in [3.8, 4) is 0 Å². The van der Waals surface area contributed by atoms with E-state index >= 15 is 0 Å². The molecule has 0 fully saturated rings. The van der Waals surface area contributed by atoms with Gasteiger partial charge in [0.25, 0.3) is 5.91 Å². The highest BCUT2D eigenvalue weighted by molar-refractivity contribution is 7.12. The van der Waals surface area contributed by atoms with Crippen LogP contribution in [0.3, 0.4) is 0 Å². The fourth-order valence-corrected chi connectivity index (χ4v) is 2.74. The van der Waals surface area contributed by atoms with E-state index in [0.717, 1.165) is 12.1 Å². The number of carbonyl (C=O) groups excluding carboxylic acids is 2. The van der Waals surface area contributed by atoms with Crippen LogP contribution in [0, 0.1) is 0 Å². The topological polar surface area (TPSA) is 62.6 Å². The van der Waals surface area contributed by atoms with Crippen LogP contribution in [-0.2, 0) is 17.9 Å². The van der Waals surface area contributed by atoms with Crippen LogP contribution in [0.5, 0.6) is 0 Å². The standard InChI is InChI=1S/C17H21N3O2S/c1-20(2)12-14-7-5-13(6-8-14)10-18-16(21)11-19-17(22)15-4-3-9-23-15/h3-9H,10-12H2,1-2H3,(H,18,21)(H,19,22)/p+1. The lowest BCUT2D eigenvalue weighted by molar-refractivity contribution is -0.872. The van der Waals surface area contributed by atoms with Gasteiger partial charge < -0.3 is 15.5 Å². The molecular weight excluding hydrogens is 310 g/mol. The van der Waals surface area contributed by atoms with Gasteiger partial charge in [0.05, 0.1) is 25.5 Å². The minimum absolute atomic E-state index is 0.0151. The fourth-order valence-electron chi connectivity index (χ4n) is 2.10. The van der Waals surface area contributed by atoms with Crippen molar-refractivity contribution >= 4 is 23.2 Å². The molecule has 0 saturated carbocycles. The van der Waals surface area contributed by atoms with Gasteiger partial charge in [0, 0.05) is 12.1 Å². The normalized spacial score (nSPS) is 10.6. The second-order valence-electron chi connectivity index (χ2n) is 5.64. The Hall–Kier alpha value is -2.18. The Morgan fingerprint density at radius 1 is 1.04 bits per heavy atom. The summed E-state index contributed by atoms with van der Waals surface area (Å²) in [7, 11) is 4.22. The first-order valence-electron chi connectivity index (χ1n) is 7.50. The molecule has 2 rings (SSSR count). The highest BCUT2D eigenvalue weighted by Gasteiger charge is 2.08. The number of carbonyl (C=O) groups is 2. The number of nitrogens with one attached hydrogen (secondary N) is 3. The van der Waals surface area contributed by atoms with Crippen LogP contribution in [0.25, 0.3) is 0 Å². The first-order valence-corrected chi connectivity index (χ1v) is 8.38. The summed E-state index contributed by atoms with van der Waals surface area (Å²) in [5.74, 6) is -0.414. The first kappa shape index (κ1) is 17.2. The largest absolute Gasteiger partial charge is 0.350 e. The summed E-state index contributed by atoms with van der Waals surface area (Å²) >= 11 is 1.35. The Morgan fingerprint density at radius 3 is 2.35 bits per heavy atom. The molecule has 1 aromatic heterocycles. The van der Waals surface area contributed by atoms with E-state index in [0.29, 0.717) is 11.4 Å². The third-order valence-corrected chi connectivity index (χ3v) is 4.09. The van der Waals surface area contributed by atoms with E-state index in [1.165, 1.54) is 21.8 Å². The van der Waals surface area contributed by atoms with Gasteiger partial charge in [-0.15, -0.1) is 11.3 Å². The van der Waals surface area contributed by atoms with E-state index in [1.54, 1.807) is 12.1 Å². The van der Waals surface area contributed by atoms with Gasteiger partial charge in [-0.2, -0.15) is 0 Å². The quantitative estimate of drug-likeness (QED) is 0.689. The number of thiophene rings is 1. The van der Waals surface area contributed by atoms with Crippen molar-refractivity contribution in [3.05, 3.63) is 57.8 Å². The second-order valence-corrected chi connectivity index (χ2v) is 6.58. The number of hydrogen-bond donors (Lipinski definition) is 3. The summed E-state index contributed by atoms with van der Waals surface area (Å²) < 4.78 is 0. The highest BCUT2D eigenvalue weighted by atomic mass is 32.1. The Kier molecular flexibility index (Phi) is 6.31. The minimum Gasteiger partial charge on any atom is -0.350 e. The molecular formula is C17H22N3O2S+. The van der Waals surface area contributed by atoms with Crippen molar-refractivity contribution < 1.29 is 14.5 Å². The van der Waals surface area contributed by atoms with Crippen LogP contribution in [0.4, 0.5) is 0 Å². The predicted molar refractivity (Wildman–Crippen MR) is 91.5 cm³/mol. The highest BCUT2D eigenvalue weighted by Crippen LogP contribution is 2.07. The summed E-state index contributed by atoms with van der Waals surface area (Å²) in [5, 5.41) is 7.24. The average molecular weight is 332 g/mol. The number of rotatable bonds is 7. The molecule has 0 radical (unpaired) electrons. The molecule has 2 amide bonds. The average Bonchev–Trinajstić information content (AvgIpc) is 3.06. The van der Waals surface area contributed by atoms with E-state index in [-0.39, 0.29) is 18.4 Å². The van der Waals surface area contributed by atoms with Crippen molar-refractivity contribution in [1.29, 1.82) is 0 Å². The molecule has 0 aliphatic heterocycles. The number of quaternary nitrogens is 1. The third kappa shape index (κ3) is 5.84. The molecule has 1 aromatic carbocycles. The maximum absolute atomic E-state index is 11.8. The summed E-state index contributed by atoms with van der Waals surface area (Å²) in [4.78, 5) is 25.5. The molecule has 0 aliphatic rings. The molecule has 0 unspecified atom stereocenters. The Balaban J connectivity index is 1.72. The SMILES string of the molecule is C[NH+](C)Cc1ccc(CNC(=O)CNC(=O)c2cccs2)cc1. The molecule has 1 heterocycles. The maximum Gasteiger partial charge on any atom is 0.261 e. The summed E-state index contributed by atoms with van der Waals surface area (Å²) in [6.07, 6.45) is 0. The van der Waals surface area contributed by atoms with Crippen LogP contribution in [0.1, 0.15) is 20.8 Å². The summed E-state index contributed by atoms with van der Waals surface area (Å²) in [5.41, 5.74) is 2.31. The van der Waals surface area contributed by atoms with Crippen molar-refractivity contribution in [2.45, 2.75) is 13.1 Å². The number of hydrogen-bond acceptors (Lipinski definition) is 3. The van der Waals surface area contributed by atoms with Crippen LogP contribution in [-0.4, -0.2) is 32.5 Å².